The number of benzene rings is 3. The van der Waals surface area contributed by atoms with Gasteiger partial charge in [0.05, 0.1) is 20.1 Å². The minimum absolute atomic E-state index is 0.494. The van der Waals surface area contributed by atoms with E-state index in [2.05, 4.69) is 0 Å². The van der Waals surface area contributed by atoms with Crippen LogP contribution < -0.4 is 9.47 Å². The van der Waals surface area contributed by atoms with Crippen LogP contribution in [0.2, 0.25) is 0 Å². The molecule has 0 saturated heterocycles. The van der Waals surface area contributed by atoms with Crippen LogP contribution in [-0.4, -0.2) is 36.5 Å². The molecule has 5 rings (SSSR count). The summed E-state index contributed by atoms with van der Waals surface area (Å²) in [5.41, 5.74) is 0.237. The summed E-state index contributed by atoms with van der Waals surface area (Å²) >= 11 is 0. The van der Waals surface area contributed by atoms with Crippen LogP contribution >= 0.6 is 0 Å². The molecule has 3 aromatic rings. The number of aryl methyl sites for hydroxylation is 2. The molecule has 0 amide bonds. The van der Waals surface area contributed by atoms with E-state index in [4.69, 9.17) is 14.2 Å². The van der Waals surface area contributed by atoms with Gasteiger partial charge in [-0.2, -0.15) is 0 Å². The largest absolute Gasteiger partial charge is 0.497 e. The molecule has 2 N–H and O–H groups in total. The summed E-state index contributed by atoms with van der Waals surface area (Å²) < 4.78 is 17.2. The van der Waals surface area contributed by atoms with Gasteiger partial charge >= 0.3 is 5.97 Å². The highest BCUT2D eigenvalue weighted by molar-refractivity contribution is 5.78. The molecule has 3 aromatic carbocycles. The van der Waals surface area contributed by atoms with Crippen LogP contribution in [0.5, 0.6) is 11.5 Å². The van der Waals surface area contributed by atoms with Gasteiger partial charge in [-0.05, 0) is 54.3 Å². The Hall–Kier alpha value is -3.35. The highest BCUT2D eigenvalue weighted by Gasteiger charge is 2.77. The molecule has 2 aliphatic rings. The zero-order chi connectivity index (χ0) is 24.3. The van der Waals surface area contributed by atoms with Gasteiger partial charge < -0.3 is 24.4 Å². The van der Waals surface area contributed by atoms with Gasteiger partial charge in [-0.3, -0.25) is 4.79 Å². The Morgan fingerprint density at radius 1 is 1.00 bits per heavy atom. The first-order chi connectivity index (χ1) is 16.3. The van der Waals surface area contributed by atoms with Crippen molar-refractivity contribution in [3.05, 3.63) is 94.5 Å². The van der Waals surface area contributed by atoms with E-state index in [-0.39, 0.29) is 0 Å². The van der Waals surface area contributed by atoms with E-state index < -0.39 is 35.1 Å². The van der Waals surface area contributed by atoms with E-state index in [9.17, 15) is 15.0 Å². The first kappa shape index (κ1) is 22.4. The number of carbonyl (C=O) groups is 1. The Labute approximate surface area is 198 Å². The third-order valence-electron chi connectivity index (χ3n) is 7.38. The smallest absolute Gasteiger partial charge is 0.312 e. The normalized spacial score (nSPS) is 29.2. The number of esters is 1. The third-order valence-corrected chi connectivity index (χ3v) is 7.38. The van der Waals surface area contributed by atoms with Crippen molar-refractivity contribution in [1.29, 1.82) is 0 Å². The Morgan fingerprint density at radius 2 is 1.68 bits per heavy atom. The summed E-state index contributed by atoms with van der Waals surface area (Å²) in [5, 5.41) is 24.4. The van der Waals surface area contributed by atoms with Crippen LogP contribution in [0.1, 0.15) is 33.7 Å². The van der Waals surface area contributed by atoms with Gasteiger partial charge in [0.25, 0.3) is 0 Å². The fourth-order valence-electron chi connectivity index (χ4n) is 6.10. The number of ether oxygens (including phenoxy) is 3. The van der Waals surface area contributed by atoms with E-state index >= 15 is 0 Å². The lowest BCUT2D eigenvalue weighted by Gasteiger charge is -2.41. The van der Waals surface area contributed by atoms with Gasteiger partial charge in [0.1, 0.15) is 17.6 Å². The summed E-state index contributed by atoms with van der Waals surface area (Å²) in [6, 6.07) is 20.4. The molecule has 1 fully saturated rings. The molecule has 34 heavy (non-hydrogen) atoms. The zero-order valence-corrected chi connectivity index (χ0v) is 19.6. The van der Waals surface area contributed by atoms with E-state index in [1.54, 1.807) is 19.2 Å². The van der Waals surface area contributed by atoms with Crippen molar-refractivity contribution >= 4 is 5.97 Å². The second-order valence-corrected chi connectivity index (χ2v) is 9.17. The van der Waals surface area contributed by atoms with Crippen LogP contribution in [0, 0.1) is 19.8 Å². The van der Waals surface area contributed by atoms with Crippen molar-refractivity contribution in [3.8, 4) is 11.5 Å². The second-order valence-electron chi connectivity index (χ2n) is 9.17. The lowest BCUT2D eigenvalue weighted by Crippen LogP contribution is -2.52. The van der Waals surface area contributed by atoms with Gasteiger partial charge in [-0.1, -0.05) is 48.5 Å². The summed E-state index contributed by atoms with van der Waals surface area (Å²) in [5.74, 6) is -1.26. The number of carbonyl (C=O) groups excluding carboxylic acids is 1. The van der Waals surface area contributed by atoms with Gasteiger partial charge in [-0.15, -0.1) is 0 Å². The number of hydrogen-bond donors (Lipinski definition) is 2. The maximum atomic E-state index is 13.1. The van der Waals surface area contributed by atoms with Crippen molar-refractivity contribution in [2.45, 2.75) is 37.1 Å². The number of methoxy groups -OCH3 is 2. The molecule has 1 saturated carbocycles. The van der Waals surface area contributed by atoms with Crippen molar-refractivity contribution < 1.29 is 29.2 Å². The summed E-state index contributed by atoms with van der Waals surface area (Å²) in [4.78, 5) is 13.1. The summed E-state index contributed by atoms with van der Waals surface area (Å²) in [6.07, 6.45) is -1.48. The number of aliphatic hydroxyl groups is 2. The standard InChI is InChI=1S/C28H28O6/c1-16-14-17(2)23-21(15-16)34-28(19-10-12-20(32-3)13-11-19)24(18-8-6-5-7-9-18)22(26(30)33-4)25(29)27(23,28)31/h5-15,22,24-25,29,31H,1-4H3/t22-,24-,25+,27-,28-/m0/s1. The first-order valence-electron chi connectivity index (χ1n) is 11.3. The predicted octanol–water partition coefficient (Wildman–Crippen LogP) is 3.74. The first-order valence-corrected chi connectivity index (χ1v) is 11.3. The molecule has 6 heteroatoms. The minimum atomic E-state index is -1.91. The van der Waals surface area contributed by atoms with E-state index in [0.29, 0.717) is 22.6 Å². The average molecular weight is 461 g/mol. The topological polar surface area (TPSA) is 85.2 Å². The van der Waals surface area contributed by atoms with Gasteiger partial charge in [0, 0.05) is 11.5 Å². The molecule has 0 bridgehead atoms. The molecule has 1 aliphatic carbocycles. The quantitative estimate of drug-likeness (QED) is 0.577. The molecular weight excluding hydrogens is 432 g/mol. The Bertz CT molecular complexity index is 1240. The highest BCUT2D eigenvalue weighted by Crippen LogP contribution is 2.69. The maximum Gasteiger partial charge on any atom is 0.312 e. The van der Waals surface area contributed by atoms with Crippen LogP contribution in [-0.2, 0) is 20.7 Å². The molecule has 0 spiro atoms. The fraction of sp³-hybridized carbons (Fsp3) is 0.321. The fourth-order valence-corrected chi connectivity index (χ4v) is 6.10. The lowest BCUT2D eigenvalue weighted by molar-refractivity contribution is -0.161. The van der Waals surface area contributed by atoms with Gasteiger partial charge in [-0.25, -0.2) is 0 Å². The molecule has 5 atom stereocenters. The SMILES string of the molecule is COC(=O)[C@@H]1[C@@H](O)[C@@]2(O)c3c(C)cc(C)cc3O[C@@]2(c2ccc(OC)cc2)[C@H]1c1ccccc1. The van der Waals surface area contributed by atoms with E-state index in [1.165, 1.54) is 7.11 Å². The highest BCUT2D eigenvalue weighted by atomic mass is 16.5. The van der Waals surface area contributed by atoms with Crippen LogP contribution in [0.4, 0.5) is 0 Å². The third kappa shape index (κ3) is 2.79. The molecule has 1 aliphatic heterocycles. The molecule has 0 unspecified atom stereocenters. The minimum Gasteiger partial charge on any atom is -0.497 e. The molecule has 0 aromatic heterocycles. The number of rotatable bonds is 4. The van der Waals surface area contributed by atoms with Crippen LogP contribution in [0.15, 0.2) is 66.7 Å². The Morgan fingerprint density at radius 3 is 2.29 bits per heavy atom. The molecule has 6 nitrogen and oxygen atoms in total. The second kappa shape index (κ2) is 7.86. The number of aliphatic hydroxyl groups excluding tert-OH is 1. The van der Waals surface area contributed by atoms with Crippen molar-refractivity contribution in [1.82, 2.24) is 0 Å². The monoisotopic (exact) mass is 460 g/mol. The van der Waals surface area contributed by atoms with Crippen molar-refractivity contribution in [3.63, 3.8) is 0 Å². The number of fused-ring (bicyclic) bond motifs is 3. The summed E-state index contributed by atoms with van der Waals surface area (Å²) in [7, 11) is 2.87. The molecule has 1 heterocycles. The van der Waals surface area contributed by atoms with Crippen molar-refractivity contribution in [2.24, 2.45) is 5.92 Å². The van der Waals surface area contributed by atoms with Gasteiger partial charge in [0.2, 0.25) is 0 Å². The lowest BCUT2D eigenvalue weighted by atomic mass is 9.70. The maximum absolute atomic E-state index is 13.1. The molecule has 0 radical (unpaired) electrons. The van der Waals surface area contributed by atoms with E-state index in [0.717, 1.165) is 16.7 Å². The Balaban J connectivity index is 1.88. The van der Waals surface area contributed by atoms with Crippen LogP contribution in [0.3, 0.4) is 0 Å². The zero-order valence-electron chi connectivity index (χ0n) is 19.6. The van der Waals surface area contributed by atoms with Crippen molar-refractivity contribution in [2.75, 3.05) is 14.2 Å². The predicted molar refractivity (Wildman–Crippen MR) is 126 cm³/mol. The Kier molecular flexibility index (Phi) is 5.19. The van der Waals surface area contributed by atoms with E-state index in [1.807, 2.05) is 68.4 Å². The summed E-state index contributed by atoms with van der Waals surface area (Å²) in [6.45, 7) is 3.84. The van der Waals surface area contributed by atoms with Gasteiger partial charge in [0.15, 0.2) is 11.2 Å². The van der Waals surface area contributed by atoms with Crippen LogP contribution in [0.25, 0.3) is 0 Å². The number of hydrogen-bond acceptors (Lipinski definition) is 6. The average Bonchev–Trinajstić information content (AvgIpc) is 3.22. The molecule has 176 valence electrons. The molecular formula is C28H28O6.